The molecule has 4 aliphatic rings. The summed E-state index contributed by atoms with van der Waals surface area (Å²) >= 11 is 0. The molecule has 3 N–H and O–H groups in total. The summed E-state index contributed by atoms with van der Waals surface area (Å²) in [5.41, 5.74) is -1.22. The molecule has 0 aromatic carbocycles. The van der Waals surface area contributed by atoms with Crippen LogP contribution in [0.3, 0.4) is 0 Å². The average molecular weight is 346 g/mol. The van der Waals surface area contributed by atoms with Gasteiger partial charge in [0.2, 0.25) is 0 Å². The van der Waals surface area contributed by atoms with Crippen LogP contribution in [-0.2, 0) is 4.79 Å². The Bertz CT molecular complexity index is 705. The van der Waals surface area contributed by atoms with Crippen LogP contribution >= 0.6 is 0 Å². The van der Waals surface area contributed by atoms with E-state index in [2.05, 4.69) is 20.8 Å². The van der Waals surface area contributed by atoms with E-state index in [1.54, 1.807) is 6.08 Å². The third-order valence-corrected chi connectivity index (χ3v) is 8.43. The van der Waals surface area contributed by atoms with Gasteiger partial charge in [-0.2, -0.15) is 0 Å². The van der Waals surface area contributed by atoms with Gasteiger partial charge in [-0.1, -0.05) is 45.4 Å². The molecule has 0 aromatic rings. The standard InChI is InChI=1S/C21H30O4/c1-10-8-20-11(2)6-15-16(19(15,4)5)14(18(20)24)7-13(9-22)17(23)21(20,25)12(10)3/h7-8,11-12,14-17,22-23,25H,6,9H2,1-5H3. The molecule has 0 aromatic heterocycles. The van der Waals surface area contributed by atoms with Crippen LogP contribution in [0.15, 0.2) is 23.3 Å². The Labute approximate surface area is 149 Å². The van der Waals surface area contributed by atoms with E-state index in [0.717, 1.165) is 12.0 Å². The van der Waals surface area contributed by atoms with Crippen molar-refractivity contribution in [3.05, 3.63) is 23.3 Å². The number of aliphatic hydroxyl groups is 3. The fraction of sp³-hybridized carbons (Fsp3) is 0.762. The number of aliphatic hydroxyl groups excluding tert-OH is 2. The molecular weight excluding hydrogens is 316 g/mol. The van der Waals surface area contributed by atoms with Crippen molar-refractivity contribution in [3.8, 4) is 0 Å². The maximum Gasteiger partial charge on any atom is 0.153 e. The molecule has 0 aliphatic heterocycles. The second-order valence-corrected chi connectivity index (χ2v) is 9.59. The number of carbonyl (C=O) groups is 1. The van der Waals surface area contributed by atoms with E-state index in [0.29, 0.717) is 11.5 Å². The molecule has 8 unspecified atom stereocenters. The van der Waals surface area contributed by atoms with Gasteiger partial charge in [-0.15, -0.1) is 0 Å². The Morgan fingerprint density at radius 1 is 1.28 bits per heavy atom. The summed E-state index contributed by atoms with van der Waals surface area (Å²) in [6.45, 7) is 9.95. The SMILES string of the molecule is CC1=CC23C(=O)C(C=C(CO)C(O)C2(O)C1C)C1C(CC3C)C1(C)C. The minimum absolute atomic E-state index is 0.0341. The van der Waals surface area contributed by atoms with Gasteiger partial charge in [0.1, 0.15) is 11.7 Å². The first-order valence-electron chi connectivity index (χ1n) is 9.50. The number of rotatable bonds is 1. The minimum Gasteiger partial charge on any atom is -0.392 e. The smallest absolute Gasteiger partial charge is 0.153 e. The van der Waals surface area contributed by atoms with Crippen LogP contribution in [0.25, 0.3) is 0 Å². The minimum atomic E-state index is -1.59. The van der Waals surface area contributed by atoms with Crippen LogP contribution in [-0.4, -0.2) is 39.4 Å². The largest absolute Gasteiger partial charge is 0.392 e. The molecule has 0 radical (unpaired) electrons. The molecule has 8 atom stereocenters. The van der Waals surface area contributed by atoms with Crippen LogP contribution < -0.4 is 0 Å². The maximum atomic E-state index is 13.8. The molecule has 2 fully saturated rings. The van der Waals surface area contributed by atoms with Crippen molar-refractivity contribution >= 4 is 5.78 Å². The monoisotopic (exact) mass is 346 g/mol. The summed E-state index contributed by atoms with van der Waals surface area (Å²) in [6.07, 6.45) is 3.39. The van der Waals surface area contributed by atoms with E-state index in [-0.39, 0.29) is 41.5 Å². The van der Waals surface area contributed by atoms with Gasteiger partial charge in [-0.05, 0) is 42.1 Å². The van der Waals surface area contributed by atoms with Crippen molar-refractivity contribution in [1.29, 1.82) is 0 Å². The van der Waals surface area contributed by atoms with E-state index in [4.69, 9.17) is 0 Å². The third-order valence-electron chi connectivity index (χ3n) is 8.43. The van der Waals surface area contributed by atoms with Gasteiger partial charge in [0.05, 0.1) is 12.0 Å². The van der Waals surface area contributed by atoms with Crippen molar-refractivity contribution in [2.45, 2.75) is 52.7 Å². The highest BCUT2D eigenvalue weighted by Gasteiger charge is 2.74. The number of ketones is 1. The average Bonchev–Trinajstić information content (AvgIpc) is 3.05. The van der Waals surface area contributed by atoms with Crippen LogP contribution in [0.1, 0.15) is 41.0 Å². The molecule has 4 nitrogen and oxygen atoms in total. The molecule has 4 rings (SSSR count). The molecule has 0 saturated heterocycles. The lowest BCUT2D eigenvalue weighted by molar-refractivity contribution is -0.175. The molecule has 1 spiro atoms. The summed E-state index contributed by atoms with van der Waals surface area (Å²) in [4.78, 5) is 13.8. The zero-order valence-electron chi connectivity index (χ0n) is 15.8. The Kier molecular flexibility index (Phi) is 3.38. The lowest BCUT2D eigenvalue weighted by atomic mass is 9.57. The molecule has 0 amide bonds. The summed E-state index contributed by atoms with van der Waals surface area (Å²) < 4.78 is 0. The fourth-order valence-electron chi connectivity index (χ4n) is 6.69. The molecule has 2 bridgehead atoms. The molecule has 4 aliphatic carbocycles. The van der Waals surface area contributed by atoms with Crippen LogP contribution in [0.5, 0.6) is 0 Å². The van der Waals surface area contributed by atoms with Gasteiger partial charge in [0.25, 0.3) is 0 Å². The first kappa shape index (κ1) is 17.4. The van der Waals surface area contributed by atoms with Gasteiger partial charge in [0.15, 0.2) is 5.78 Å². The quantitative estimate of drug-likeness (QED) is 0.635. The first-order valence-corrected chi connectivity index (χ1v) is 9.50. The van der Waals surface area contributed by atoms with Gasteiger partial charge in [0, 0.05) is 11.8 Å². The van der Waals surface area contributed by atoms with Crippen molar-refractivity contribution < 1.29 is 20.1 Å². The van der Waals surface area contributed by atoms with E-state index in [1.165, 1.54) is 0 Å². The Balaban J connectivity index is 1.99. The normalized spacial score (nSPS) is 53.2. The van der Waals surface area contributed by atoms with E-state index in [1.807, 2.05) is 19.9 Å². The zero-order valence-corrected chi connectivity index (χ0v) is 15.8. The van der Waals surface area contributed by atoms with Gasteiger partial charge < -0.3 is 15.3 Å². The Morgan fingerprint density at radius 2 is 1.92 bits per heavy atom. The Morgan fingerprint density at radius 3 is 2.52 bits per heavy atom. The molecular formula is C21H30O4. The van der Waals surface area contributed by atoms with Gasteiger partial charge in [-0.25, -0.2) is 0 Å². The van der Waals surface area contributed by atoms with E-state index >= 15 is 0 Å². The molecule has 138 valence electrons. The second-order valence-electron chi connectivity index (χ2n) is 9.59. The van der Waals surface area contributed by atoms with Gasteiger partial charge in [-0.3, -0.25) is 4.79 Å². The number of fused-ring (bicyclic) bond motifs is 3. The lowest BCUT2D eigenvalue weighted by Gasteiger charge is -2.49. The number of hydrogen-bond acceptors (Lipinski definition) is 4. The van der Waals surface area contributed by atoms with Gasteiger partial charge >= 0.3 is 0 Å². The van der Waals surface area contributed by atoms with Crippen LogP contribution in [0, 0.1) is 40.4 Å². The van der Waals surface area contributed by atoms with Crippen LogP contribution in [0.2, 0.25) is 0 Å². The molecule has 2 saturated carbocycles. The number of allylic oxidation sites excluding steroid dienone is 1. The lowest BCUT2D eigenvalue weighted by Crippen LogP contribution is -2.62. The maximum absolute atomic E-state index is 13.8. The number of Topliss-reactive ketones (excluding diaryl/α,β-unsaturated/α-hetero) is 1. The predicted molar refractivity (Wildman–Crippen MR) is 94.5 cm³/mol. The molecule has 4 heteroatoms. The predicted octanol–water partition coefficient (Wildman–Crippen LogP) is 2.09. The third kappa shape index (κ3) is 1.72. The van der Waals surface area contributed by atoms with Crippen molar-refractivity contribution in [2.24, 2.45) is 40.4 Å². The highest BCUT2D eigenvalue weighted by atomic mass is 16.3. The molecule has 25 heavy (non-hydrogen) atoms. The topological polar surface area (TPSA) is 77.8 Å². The Hall–Kier alpha value is -0.970. The summed E-state index contributed by atoms with van der Waals surface area (Å²) in [5, 5.41) is 32.8. The fourth-order valence-corrected chi connectivity index (χ4v) is 6.69. The van der Waals surface area contributed by atoms with E-state index in [9.17, 15) is 20.1 Å². The van der Waals surface area contributed by atoms with Crippen molar-refractivity contribution in [2.75, 3.05) is 6.61 Å². The zero-order chi connectivity index (χ0) is 18.5. The highest BCUT2D eigenvalue weighted by Crippen LogP contribution is 2.72. The summed E-state index contributed by atoms with van der Waals surface area (Å²) in [7, 11) is 0. The highest BCUT2D eigenvalue weighted by molar-refractivity contribution is 5.95. The van der Waals surface area contributed by atoms with Crippen molar-refractivity contribution in [3.63, 3.8) is 0 Å². The number of hydrogen-bond donors (Lipinski definition) is 3. The first-order chi connectivity index (χ1) is 11.5. The summed E-state index contributed by atoms with van der Waals surface area (Å²) in [6, 6.07) is 0. The van der Waals surface area contributed by atoms with Crippen molar-refractivity contribution in [1.82, 2.24) is 0 Å². The molecule has 0 heterocycles. The van der Waals surface area contributed by atoms with Crippen LogP contribution in [0.4, 0.5) is 0 Å². The number of carbonyl (C=O) groups excluding carboxylic acids is 1. The summed E-state index contributed by atoms with van der Waals surface area (Å²) in [5.74, 6) is -0.0223. The van der Waals surface area contributed by atoms with E-state index < -0.39 is 17.1 Å². The second kappa shape index (κ2) is 4.85.